The van der Waals surface area contributed by atoms with Crippen LogP contribution in [0.4, 0.5) is 0 Å². The second kappa shape index (κ2) is 9.00. The van der Waals surface area contributed by atoms with E-state index in [9.17, 15) is 4.79 Å². The lowest BCUT2D eigenvalue weighted by atomic mass is 9.86. The molecule has 0 unspecified atom stereocenters. The SMILES string of the molecule is Cc1ncc(Cl)cc1C(=O)N[C@H]1CC[C@H](Cn2nc(-c3ccccc3)cc2C)CC1. The van der Waals surface area contributed by atoms with Crippen LogP contribution in [0.25, 0.3) is 11.3 Å². The van der Waals surface area contributed by atoms with E-state index in [0.29, 0.717) is 22.2 Å². The normalized spacial score (nSPS) is 18.9. The summed E-state index contributed by atoms with van der Waals surface area (Å²) in [6.45, 7) is 4.88. The number of carbonyl (C=O) groups is 1. The minimum absolute atomic E-state index is 0.0821. The van der Waals surface area contributed by atoms with Gasteiger partial charge in [0.2, 0.25) is 0 Å². The van der Waals surface area contributed by atoms with Crippen LogP contribution in [0.3, 0.4) is 0 Å². The first-order valence-corrected chi connectivity index (χ1v) is 10.9. The molecule has 2 aromatic heterocycles. The molecule has 0 aliphatic heterocycles. The maximum absolute atomic E-state index is 12.6. The van der Waals surface area contributed by atoms with Gasteiger partial charge in [-0.15, -0.1) is 0 Å². The Kier molecular flexibility index (Phi) is 6.18. The molecule has 1 aliphatic carbocycles. The molecule has 1 amide bonds. The fourth-order valence-corrected chi connectivity index (χ4v) is 4.34. The van der Waals surface area contributed by atoms with Crippen molar-refractivity contribution in [1.29, 1.82) is 0 Å². The van der Waals surface area contributed by atoms with E-state index in [1.165, 1.54) is 5.69 Å². The third kappa shape index (κ3) is 4.73. The van der Waals surface area contributed by atoms with Gasteiger partial charge in [0.25, 0.3) is 5.91 Å². The van der Waals surface area contributed by atoms with Crippen LogP contribution in [0, 0.1) is 19.8 Å². The van der Waals surface area contributed by atoms with Crippen molar-refractivity contribution in [3.05, 3.63) is 70.6 Å². The first kappa shape index (κ1) is 20.6. The molecule has 156 valence electrons. The minimum atomic E-state index is -0.0821. The molecule has 0 atom stereocenters. The van der Waals surface area contributed by atoms with E-state index in [2.05, 4.69) is 40.1 Å². The standard InChI is InChI=1S/C24H27ClN4O/c1-16-12-23(19-6-4-3-5-7-19)28-29(16)15-18-8-10-21(11-9-18)27-24(30)22-13-20(25)14-26-17(22)2/h3-7,12-14,18,21H,8-11,15H2,1-2H3,(H,27,30)/t18-,21-. The summed E-state index contributed by atoms with van der Waals surface area (Å²) in [6, 6.07) is 14.3. The van der Waals surface area contributed by atoms with Crippen molar-refractivity contribution in [2.45, 2.75) is 52.1 Å². The highest BCUT2D eigenvalue weighted by Gasteiger charge is 2.24. The number of benzene rings is 1. The zero-order valence-corrected chi connectivity index (χ0v) is 18.2. The molecule has 1 aliphatic rings. The second-order valence-electron chi connectivity index (χ2n) is 8.20. The summed E-state index contributed by atoms with van der Waals surface area (Å²) in [6.07, 6.45) is 5.69. The van der Waals surface area contributed by atoms with Gasteiger partial charge in [0.05, 0.1) is 22.0 Å². The lowest BCUT2D eigenvalue weighted by Crippen LogP contribution is -2.38. The van der Waals surface area contributed by atoms with Gasteiger partial charge < -0.3 is 5.32 Å². The van der Waals surface area contributed by atoms with Crippen molar-refractivity contribution >= 4 is 17.5 Å². The van der Waals surface area contributed by atoms with Crippen LogP contribution in [0.15, 0.2) is 48.7 Å². The third-order valence-electron chi connectivity index (χ3n) is 5.96. The number of amides is 1. The number of nitrogens with one attached hydrogen (secondary N) is 1. The van der Waals surface area contributed by atoms with Gasteiger partial charge in [-0.2, -0.15) is 5.10 Å². The average Bonchev–Trinajstić information content (AvgIpc) is 3.12. The predicted octanol–water partition coefficient (Wildman–Crippen LogP) is 5.20. The Balaban J connectivity index is 1.32. The molecule has 1 fully saturated rings. The number of pyridine rings is 1. The molecule has 1 N–H and O–H groups in total. The van der Waals surface area contributed by atoms with Crippen molar-refractivity contribution in [2.75, 3.05) is 0 Å². The molecular weight excluding hydrogens is 396 g/mol. The molecule has 2 heterocycles. The number of rotatable bonds is 5. The average molecular weight is 423 g/mol. The van der Waals surface area contributed by atoms with Gasteiger partial charge in [-0.3, -0.25) is 14.5 Å². The number of aromatic nitrogens is 3. The summed E-state index contributed by atoms with van der Waals surface area (Å²) in [5.41, 5.74) is 4.63. The summed E-state index contributed by atoms with van der Waals surface area (Å²) >= 11 is 6.00. The number of hydrogen-bond donors (Lipinski definition) is 1. The quantitative estimate of drug-likeness (QED) is 0.614. The Morgan fingerprint density at radius 1 is 1.13 bits per heavy atom. The Morgan fingerprint density at radius 2 is 1.87 bits per heavy atom. The van der Waals surface area contributed by atoms with Crippen LogP contribution in [-0.2, 0) is 6.54 Å². The summed E-state index contributed by atoms with van der Waals surface area (Å²) in [7, 11) is 0. The van der Waals surface area contributed by atoms with Crippen molar-refractivity contribution in [3.63, 3.8) is 0 Å². The topological polar surface area (TPSA) is 59.8 Å². The van der Waals surface area contributed by atoms with Gasteiger partial charge in [-0.05, 0) is 57.6 Å². The lowest BCUT2D eigenvalue weighted by Gasteiger charge is -2.29. The van der Waals surface area contributed by atoms with Crippen LogP contribution in [-0.4, -0.2) is 26.7 Å². The predicted molar refractivity (Wildman–Crippen MR) is 120 cm³/mol. The number of carbonyl (C=O) groups excluding carboxylic acids is 1. The Morgan fingerprint density at radius 3 is 2.60 bits per heavy atom. The van der Waals surface area contributed by atoms with E-state index in [1.54, 1.807) is 12.3 Å². The number of hydrogen-bond acceptors (Lipinski definition) is 3. The van der Waals surface area contributed by atoms with Crippen molar-refractivity contribution < 1.29 is 4.79 Å². The summed E-state index contributed by atoms with van der Waals surface area (Å²) in [4.78, 5) is 16.8. The number of halogens is 1. The number of aryl methyl sites for hydroxylation is 2. The molecular formula is C24H27ClN4O. The fraction of sp³-hybridized carbons (Fsp3) is 0.375. The molecule has 0 saturated heterocycles. The zero-order chi connectivity index (χ0) is 21.1. The Bertz CT molecular complexity index is 1020. The van der Waals surface area contributed by atoms with Crippen LogP contribution in [0.5, 0.6) is 0 Å². The van der Waals surface area contributed by atoms with Crippen LogP contribution >= 0.6 is 11.6 Å². The summed E-state index contributed by atoms with van der Waals surface area (Å²) in [5, 5.41) is 8.48. The highest BCUT2D eigenvalue weighted by atomic mass is 35.5. The van der Waals surface area contributed by atoms with Crippen molar-refractivity contribution in [1.82, 2.24) is 20.1 Å². The molecule has 1 saturated carbocycles. The molecule has 5 nitrogen and oxygen atoms in total. The molecule has 0 bridgehead atoms. The maximum atomic E-state index is 12.6. The highest BCUT2D eigenvalue weighted by Crippen LogP contribution is 2.27. The monoisotopic (exact) mass is 422 g/mol. The van der Waals surface area contributed by atoms with Crippen LogP contribution < -0.4 is 5.32 Å². The van der Waals surface area contributed by atoms with E-state index < -0.39 is 0 Å². The lowest BCUT2D eigenvalue weighted by molar-refractivity contribution is 0.0919. The highest BCUT2D eigenvalue weighted by molar-refractivity contribution is 6.30. The van der Waals surface area contributed by atoms with Crippen molar-refractivity contribution in [2.24, 2.45) is 5.92 Å². The third-order valence-corrected chi connectivity index (χ3v) is 6.17. The van der Waals surface area contributed by atoms with Gasteiger partial charge in [0.15, 0.2) is 0 Å². The fourth-order valence-electron chi connectivity index (χ4n) is 4.18. The smallest absolute Gasteiger partial charge is 0.253 e. The van der Waals surface area contributed by atoms with E-state index in [-0.39, 0.29) is 11.9 Å². The molecule has 0 radical (unpaired) electrons. The van der Waals surface area contributed by atoms with E-state index in [4.69, 9.17) is 16.7 Å². The second-order valence-corrected chi connectivity index (χ2v) is 8.63. The largest absolute Gasteiger partial charge is 0.349 e. The molecule has 6 heteroatoms. The van der Waals surface area contributed by atoms with E-state index in [0.717, 1.165) is 43.5 Å². The summed E-state index contributed by atoms with van der Waals surface area (Å²) < 4.78 is 2.13. The Labute approximate surface area is 182 Å². The summed E-state index contributed by atoms with van der Waals surface area (Å²) in [5.74, 6) is 0.497. The molecule has 3 aromatic rings. The first-order chi connectivity index (χ1) is 14.5. The van der Waals surface area contributed by atoms with E-state index in [1.807, 2.05) is 25.1 Å². The Hall–Kier alpha value is -2.66. The number of nitrogens with zero attached hydrogens (tertiary/aromatic N) is 3. The van der Waals surface area contributed by atoms with Crippen LogP contribution in [0.2, 0.25) is 5.02 Å². The van der Waals surface area contributed by atoms with E-state index >= 15 is 0 Å². The molecule has 1 aromatic carbocycles. The van der Waals surface area contributed by atoms with Crippen molar-refractivity contribution in [3.8, 4) is 11.3 Å². The molecule has 30 heavy (non-hydrogen) atoms. The van der Waals surface area contributed by atoms with Gasteiger partial charge in [0.1, 0.15) is 0 Å². The first-order valence-electron chi connectivity index (χ1n) is 10.5. The zero-order valence-electron chi connectivity index (χ0n) is 17.4. The van der Waals surface area contributed by atoms with Gasteiger partial charge in [0, 0.05) is 30.0 Å². The van der Waals surface area contributed by atoms with Crippen LogP contribution in [0.1, 0.15) is 47.4 Å². The van der Waals surface area contributed by atoms with Gasteiger partial charge in [-0.25, -0.2) is 0 Å². The van der Waals surface area contributed by atoms with Gasteiger partial charge in [-0.1, -0.05) is 41.9 Å². The molecule has 0 spiro atoms. The minimum Gasteiger partial charge on any atom is -0.349 e. The molecule has 4 rings (SSSR count). The maximum Gasteiger partial charge on any atom is 0.253 e. The van der Waals surface area contributed by atoms with Gasteiger partial charge >= 0.3 is 0 Å².